The van der Waals surface area contributed by atoms with Crippen LogP contribution in [-0.2, 0) is 0 Å². The average molecular weight is 769 g/mol. The van der Waals surface area contributed by atoms with Crippen LogP contribution in [-0.4, -0.2) is 27.3 Å². The number of fused-ring (bicyclic) bond motifs is 2. The monoisotopic (exact) mass is 768 g/mol. The summed E-state index contributed by atoms with van der Waals surface area (Å²) in [5.74, 6) is 1.03. The molecule has 0 spiro atoms. The predicted octanol–water partition coefficient (Wildman–Crippen LogP) is 15.2. The molecular formula is C46H44N10O2. The van der Waals surface area contributed by atoms with Crippen LogP contribution in [0.5, 0.6) is 11.5 Å². The largest absolute Gasteiger partial charge is 0.494 e. The minimum absolute atomic E-state index is 0.507. The van der Waals surface area contributed by atoms with Crippen molar-refractivity contribution in [3.63, 3.8) is 0 Å². The van der Waals surface area contributed by atoms with Crippen molar-refractivity contribution in [1.29, 1.82) is 0 Å². The lowest BCUT2D eigenvalue weighted by molar-refractivity contribution is 0.415. The lowest BCUT2D eigenvalue weighted by Crippen LogP contribution is -1.96. The van der Waals surface area contributed by atoms with Gasteiger partial charge in [0.15, 0.2) is 0 Å². The second kappa shape index (κ2) is 18.1. The molecule has 12 nitrogen and oxygen atoms in total. The molecule has 7 aromatic rings. The summed E-state index contributed by atoms with van der Waals surface area (Å²) >= 11 is 0. The Bertz CT molecular complexity index is 2710. The summed E-state index contributed by atoms with van der Waals surface area (Å²) < 4.78 is 11.4. The van der Waals surface area contributed by atoms with Gasteiger partial charge in [-0.15, -0.1) is 20.5 Å². The maximum Gasteiger partial charge on any atom is 0.148 e. The first kappa shape index (κ1) is 38.9. The van der Waals surface area contributed by atoms with Crippen LogP contribution < -0.4 is 20.1 Å². The number of nitrogens with one attached hydrogen (secondary N) is 2. The molecule has 0 amide bonds. The highest BCUT2D eigenvalue weighted by Crippen LogP contribution is 2.41. The highest BCUT2D eigenvalue weighted by atomic mass is 16.5. The van der Waals surface area contributed by atoms with E-state index in [1.165, 1.54) is 0 Å². The van der Waals surface area contributed by atoms with Gasteiger partial charge < -0.3 is 20.1 Å². The van der Waals surface area contributed by atoms with E-state index in [0.29, 0.717) is 45.6 Å². The summed E-state index contributed by atoms with van der Waals surface area (Å²) in [5, 5.41) is 47.4. The molecule has 0 bridgehead atoms. The molecule has 0 aliphatic carbocycles. The summed E-state index contributed by atoms with van der Waals surface area (Å²) in [6.45, 7) is 9.71. The van der Waals surface area contributed by atoms with E-state index in [9.17, 15) is 0 Å². The van der Waals surface area contributed by atoms with E-state index in [2.05, 4.69) is 83.6 Å². The number of aryl methyl sites for hydroxylation is 2. The molecule has 0 unspecified atom stereocenters. The molecule has 0 heterocycles. The van der Waals surface area contributed by atoms with E-state index in [1.54, 1.807) is 26.4 Å². The predicted molar refractivity (Wildman–Crippen MR) is 235 cm³/mol. The standard InChI is InChI=1S/C46H44N10O2/c1-7-47-37-21-23-39(35-15-11-9-13-33(35)37)51-49-31-17-19-32(20-18-31)50-53-41-27-45(57-5)44(25-29(41)3)56-54-42-28-46(58-6)43(26-30(42)4)55-52-40-24-22-38(48-8-2)34-14-10-12-16-36(34)40/h9-28,47-48H,7-8H2,1-6H3. The maximum absolute atomic E-state index is 5.70. The van der Waals surface area contributed by atoms with Gasteiger partial charge in [-0.1, -0.05) is 48.5 Å². The van der Waals surface area contributed by atoms with Crippen molar-refractivity contribution < 1.29 is 9.47 Å². The quantitative estimate of drug-likeness (QED) is 0.106. The molecule has 7 rings (SSSR count). The molecule has 0 aliphatic rings. The Balaban J connectivity index is 1.05. The fourth-order valence-corrected chi connectivity index (χ4v) is 6.48. The van der Waals surface area contributed by atoms with Crippen LogP contribution in [0.25, 0.3) is 21.5 Å². The van der Waals surface area contributed by atoms with Crippen LogP contribution in [0.4, 0.5) is 56.9 Å². The zero-order chi connectivity index (χ0) is 40.4. The lowest BCUT2D eigenvalue weighted by atomic mass is 10.1. The van der Waals surface area contributed by atoms with E-state index in [-0.39, 0.29) is 0 Å². The SMILES string of the molecule is CCNc1ccc(N=Nc2ccc(N=Nc3cc(OC)c(N=Nc4cc(OC)c(N=Nc5ccc(NCC)c6ccccc56)cc4C)cc3C)cc2)c2ccccc12. The summed E-state index contributed by atoms with van der Waals surface area (Å²) in [6.07, 6.45) is 0. The van der Waals surface area contributed by atoms with E-state index in [1.807, 2.05) is 105 Å². The molecule has 0 aliphatic heterocycles. The van der Waals surface area contributed by atoms with Crippen LogP contribution in [0, 0.1) is 13.8 Å². The van der Waals surface area contributed by atoms with Gasteiger partial charge in [-0.25, -0.2) is 0 Å². The van der Waals surface area contributed by atoms with Crippen LogP contribution in [0.15, 0.2) is 162 Å². The molecule has 2 N–H and O–H groups in total. The Morgan fingerprint density at radius 1 is 0.397 bits per heavy atom. The van der Waals surface area contributed by atoms with Gasteiger partial charge in [-0.3, -0.25) is 0 Å². The van der Waals surface area contributed by atoms with Crippen molar-refractivity contribution >= 4 is 78.4 Å². The van der Waals surface area contributed by atoms with Crippen molar-refractivity contribution in [1.82, 2.24) is 0 Å². The Morgan fingerprint density at radius 3 is 1.17 bits per heavy atom. The first-order chi connectivity index (χ1) is 28.4. The Morgan fingerprint density at radius 2 is 0.759 bits per heavy atom. The van der Waals surface area contributed by atoms with E-state index < -0.39 is 0 Å². The third kappa shape index (κ3) is 8.71. The summed E-state index contributed by atoms with van der Waals surface area (Å²) in [6, 6.07) is 39.1. The number of hydrogen-bond acceptors (Lipinski definition) is 12. The van der Waals surface area contributed by atoms with Gasteiger partial charge in [0.2, 0.25) is 0 Å². The number of methoxy groups -OCH3 is 2. The van der Waals surface area contributed by atoms with Crippen molar-refractivity contribution in [2.45, 2.75) is 27.7 Å². The third-order valence-electron chi connectivity index (χ3n) is 9.46. The molecule has 58 heavy (non-hydrogen) atoms. The number of rotatable bonds is 14. The zero-order valence-electron chi connectivity index (χ0n) is 33.4. The van der Waals surface area contributed by atoms with E-state index in [4.69, 9.17) is 9.47 Å². The smallest absolute Gasteiger partial charge is 0.148 e. The number of nitrogens with zero attached hydrogens (tertiary/aromatic N) is 8. The van der Waals surface area contributed by atoms with Gasteiger partial charge in [-0.05, 0) is 99.5 Å². The van der Waals surface area contributed by atoms with Crippen molar-refractivity contribution in [3.8, 4) is 11.5 Å². The Labute approximate surface area is 337 Å². The fraction of sp³-hybridized carbons (Fsp3) is 0.174. The first-order valence-corrected chi connectivity index (χ1v) is 19.0. The third-order valence-corrected chi connectivity index (χ3v) is 9.46. The number of ether oxygens (including phenoxy) is 2. The summed E-state index contributed by atoms with van der Waals surface area (Å²) in [4.78, 5) is 0. The van der Waals surface area contributed by atoms with Gasteiger partial charge in [0.25, 0.3) is 0 Å². The fourth-order valence-electron chi connectivity index (χ4n) is 6.48. The number of azo groups is 4. The number of hydrogen-bond donors (Lipinski definition) is 2. The number of benzene rings is 7. The summed E-state index contributed by atoms with van der Waals surface area (Å²) in [5.41, 5.74) is 9.19. The minimum atomic E-state index is 0.507. The van der Waals surface area contributed by atoms with E-state index >= 15 is 0 Å². The minimum Gasteiger partial charge on any atom is -0.494 e. The molecule has 0 fully saturated rings. The van der Waals surface area contributed by atoms with Crippen LogP contribution >= 0.6 is 0 Å². The van der Waals surface area contributed by atoms with Crippen LogP contribution in [0.2, 0.25) is 0 Å². The van der Waals surface area contributed by atoms with Crippen molar-refractivity contribution in [2.24, 2.45) is 40.9 Å². The van der Waals surface area contributed by atoms with Gasteiger partial charge in [0, 0.05) is 58.1 Å². The Hall–Kier alpha value is -7.34. The van der Waals surface area contributed by atoms with Gasteiger partial charge >= 0.3 is 0 Å². The average Bonchev–Trinajstić information content (AvgIpc) is 3.25. The molecule has 0 radical (unpaired) electrons. The van der Waals surface area contributed by atoms with Crippen molar-refractivity contribution in [3.05, 3.63) is 132 Å². The van der Waals surface area contributed by atoms with Crippen LogP contribution in [0.1, 0.15) is 25.0 Å². The van der Waals surface area contributed by atoms with Crippen LogP contribution in [0.3, 0.4) is 0 Å². The van der Waals surface area contributed by atoms with Gasteiger partial charge in [0.1, 0.15) is 22.9 Å². The normalized spacial score (nSPS) is 11.8. The molecule has 0 saturated heterocycles. The highest BCUT2D eigenvalue weighted by molar-refractivity contribution is 6.01. The Kier molecular flexibility index (Phi) is 12.1. The van der Waals surface area contributed by atoms with E-state index in [0.717, 1.165) is 68.5 Å². The first-order valence-electron chi connectivity index (χ1n) is 19.0. The molecule has 0 saturated carbocycles. The van der Waals surface area contributed by atoms with Crippen molar-refractivity contribution in [2.75, 3.05) is 37.9 Å². The van der Waals surface area contributed by atoms with Gasteiger partial charge in [-0.2, -0.15) is 20.5 Å². The molecule has 290 valence electrons. The molecule has 7 aromatic carbocycles. The molecule has 12 heteroatoms. The highest BCUT2D eigenvalue weighted by Gasteiger charge is 2.12. The second-order valence-corrected chi connectivity index (χ2v) is 13.4. The number of anilines is 2. The second-order valence-electron chi connectivity index (χ2n) is 13.4. The summed E-state index contributed by atoms with van der Waals surface area (Å²) in [7, 11) is 3.18. The molecule has 0 aromatic heterocycles. The topological polar surface area (TPSA) is 141 Å². The molecular weight excluding hydrogens is 725 g/mol. The van der Waals surface area contributed by atoms with Gasteiger partial charge in [0.05, 0.1) is 48.3 Å². The zero-order valence-corrected chi connectivity index (χ0v) is 33.4. The maximum atomic E-state index is 5.70. The molecule has 0 atom stereocenters. The lowest BCUT2D eigenvalue weighted by Gasteiger charge is -2.10.